The van der Waals surface area contributed by atoms with Crippen molar-refractivity contribution in [1.82, 2.24) is 0 Å². The summed E-state index contributed by atoms with van der Waals surface area (Å²) in [5, 5.41) is 0. The van der Waals surface area contributed by atoms with Gasteiger partial charge in [-0.15, -0.1) is 0 Å². The minimum Gasteiger partial charge on any atom is -0.0614 e. The molecule has 0 aliphatic heterocycles. The molecule has 76 valence electrons. The van der Waals surface area contributed by atoms with Crippen molar-refractivity contribution < 1.29 is 0 Å². The smallest absolute Gasteiger partial charge is 0.0156 e. The molecule has 0 heterocycles. The van der Waals surface area contributed by atoms with Crippen LogP contribution in [0, 0.1) is 19.8 Å². The lowest BCUT2D eigenvalue weighted by molar-refractivity contribution is 0.464. The Morgan fingerprint density at radius 3 is 1.50 bits per heavy atom. The van der Waals surface area contributed by atoms with E-state index in [0.717, 1.165) is 17.8 Å². The molecular weight excluding hydrogens is 168 g/mol. The molecule has 1 aromatic rings. The van der Waals surface area contributed by atoms with Crippen LogP contribution in [0.4, 0.5) is 0 Å². The van der Waals surface area contributed by atoms with Gasteiger partial charge in [0.2, 0.25) is 0 Å². The van der Waals surface area contributed by atoms with Crippen LogP contribution >= 0.6 is 0 Å². The average Bonchev–Trinajstić information content (AvgIpc) is 2.34. The van der Waals surface area contributed by atoms with Gasteiger partial charge in [-0.2, -0.15) is 0 Å². The SMILES string of the molecule is Cc1cc2c(cc1C)C(C)C(C)C2C. The third kappa shape index (κ3) is 1.20. The molecule has 0 bridgehead atoms. The van der Waals surface area contributed by atoms with Gasteiger partial charge in [0, 0.05) is 0 Å². The topological polar surface area (TPSA) is 0 Å². The first-order valence-electron chi connectivity index (χ1n) is 5.63. The molecule has 0 N–H and O–H groups in total. The molecule has 0 fully saturated rings. The second kappa shape index (κ2) is 3.12. The number of benzene rings is 1. The number of fused-ring (bicyclic) bond motifs is 1. The fourth-order valence-corrected chi connectivity index (χ4v) is 2.65. The van der Waals surface area contributed by atoms with Gasteiger partial charge in [0.05, 0.1) is 0 Å². The van der Waals surface area contributed by atoms with Gasteiger partial charge in [-0.05, 0) is 53.9 Å². The maximum atomic E-state index is 2.40. The number of hydrogen-bond acceptors (Lipinski definition) is 0. The minimum absolute atomic E-state index is 0.735. The summed E-state index contributed by atoms with van der Waals surface area (Å²) in [6.07, 6.45) is 0. The quantitative estimate of drug-likeness (QED) is 0.573. The van der Waals surface area contributed by atoms with Gasteiger partial charge in [-0.3, -0.25) is 0 Å². The third-order valence-electron chi connectivity index (χ3n) is 4.26. The Hall–Kier alpha value is -0.780. The molecule has 0 amide bonds. The van der Waals surface area contributed by atoms with E-state index in [1.165, 1.54) is 11.1 Å². The molecule has 1 aliphatic carbocycles. The Kier molecular flexibility index (Phi) is 2.17. The van der Waals surface area contributed by atoms with E-state index in [0.29, 0.717) is 0 Å². The summed E-state index contributed by atoms with van der Waals surface area (Å²) in [6.45, 7) is 11.5. The van der Waals surface area contributed by atoms with E-state index in [9.17, 15) is 0 Å². The van der Waals surface area contributed by atoms with Crippen LogP contribution in [-0.4, -0.2) is 0 Å². The molecule has 2 rings (SSSR count). The molecule has 0 saturated heterocycles. The normalized spacial score (nSPS) is 30.5. The van der Waals surface area contributed by atoms with Crippen molar-refractivity contribution in [2.75, 3.05) is 0 Å². The number of rotatable bonds is 0. The molecule has 1 aromatic carbocycles. The molecule has 0 aromatic heterocycles. The third-order valence-corrected chi connectivity index (χ3v) is 4.26. The molecule has 0 radical (unpaired) electrons. The fourth-order valence-electron chi connectivity index (χ4n) is 2.65. The van der Waals surface area contributed by atoms with Gasteiger partial charge in [-0.1, -0.05) is 32.9 Å². The maximum Gasteiger partial charge on any atom is -0.0156 e. The largest absolute Gasteiger partial charge is 0.0614 e. The standard InChI is InChI=1S/C14H20/c1-8-6-13-11(4)10(3)12(5)14(13)7-9(8)2/h6-7,10-12H,1-5H3. The second-order valence-corrected chi connectivity index (χ2v) is 5.00. The van der Waals surface area contributed by atoms with Crippen molar-refractivity contribution in [3.05, 3.63) is 34.4 Å². The van der Waals surface area contributed by atoms with E-state index < -0.39 is 0 Å². The first-order valence-corrected chi connectivity index (χ1v) is 5.63. The molecule has 0 spiro atoms. The predicted molar refractivity (Wildman–Crippen MR) is 61.9 cm³/mol. The molecule has 0 saturated carbocycles. The predicted octanol–water partition coefficient (Wildman–Crippen LogP) is 4.16. The molecule has 2 unspecified atom stereocenters. The van der Waals surface area contributed by atoms with Crippen molar-refractivity contribution in [3.63, 3.8) is 0 Å². The molecule has 0 nitrogen and oxygen atoms in total. The fraction of sp³-hybridized carbons (Fsp3) is 0.571. The van der Waals surface area contributed by atoms with Gasteiger partial charge in [0.1, 0.15) is 0 Å². The van der Waals surface area contributed by atoms with E-state index in [1.54, 1.807) is 11.1 Å². The van der Waals surface area contributed by atoms with Gasteiger partial charge in [0.15, 0.2) is 0 Å². The zero-order chi connectivity index (χ0) is 10.5. The Labute approximate surface area is 87.3 Å². The van der Waals surface area contributed by atoms with Crippen molar-refractivity contribution >= 4 is 0 Å². The minimum atomic E-state index is 0.735. The first-order chi connectivity index (χ1) is 6.52. The van der Waals surface area contributed by atoms with Crippen molar-refractivity contribution in [2.45, 2.75) is 46.5 Å². The Bertz CT molecular complexity index is 328. The van der Waals surface area contributed by atoms with Crippen LogP contribution in [0.25, 0.3) is 0 Å². The zero-order valence-corrected chi connectivity index (χ0v) is 9.89. The van der Waals surface area contributed by atoms with Crippen LogP contribution in [0.3, 0.4) is 0 Å². The highest BCUT2D eigenvalue weighted by atomic mass is 14.4. The lowest BCUT2D eigenvalue weighted by Gasteiger charge is -2.13. The van der Waals surface area contributed by atoms with E-state index in [1.807, 2.05) is 0 Å². The van der Waals surface area contributed by atoms with E-state index in [4.69, 9.17) is 0 Å². The van der Waals surface area contributed by atoms with Gasteiger partial charge >= 0.3 is 0 Å². The second-order valence-electron chi connectivity index (χ2n) is 5.00. The summed E-state index contributed by atoms with van der Waals surface area (Å²) >= 11 is 0. The zero-order valence-electron chi connectivity index (χ0n) is 9.89. The maximum absolute atomic E-state index is 2.40. The highest BCUT2D eigenvalue weighted by molar-refractivity contribution is 5.44. The monoisotopic (exact) mass is 188 g/mol. The van der Waals surface area contributed by atoms with E-state index >= 15 is 0 Å². The lowest BCUT2D eigenvalue weighted by Crippen LogP contribution is -2.01. The number of hydrogen-bond donors (Lipinski definition) is 0. The Morgan fingerprint density at radius 1 is 0.786 bits per heavy atom. The van der Waals surface area contributed by atoms with Gasteiger partial charge < -0.3 is 0 Å². The summed E-state index contributed by atoms with van der Waals surface area (Å²) in [6, 6.07) is 4.80. The van der Waals surface area contributed by atoms with Crippen LogP contribution in [0.2, 0.25) is 0 Å². The van der Waals surface area contributed by atoms with Crippen molar-refractivity contribution in [1.29, 1.82) is 0 Å². The van der Waals surface area contributed by atoms with E-state index in [2.05, 4.69) is 46.8 Å². The molecule has 1 aliphatic rings. The van der Waals surface area contributed by atoms with Crippen LogP contribution in [0.1, 0.15) is 54.9 Å². The van der Waals surface area contributed by atoms with Crippen LogP contribution in [0.5, 0.6) is 0 Å². The van der Waals surface area contributed by atoms with Gasteiger partial charge in [0.25, 0.3) is 0 Å². The lowest BCUT2D eigenvalue weighted by atomic mass is 9.91. The van der Waals surface area contributed by atoms with Crippen molar-refractivity contribution in [3.8, 4) is 0 Å². The highest BCUT2D eigenvalue weighted by Gasteiger charge is 2.32. The van der Waals surface area contributed by atoms with Gasteiger partial charge in [-0.25, -0.2) is 0 Å². The highest BCUT2D eigenvalue weighted by Crippen LogP contribution is 2.46. The summed E-state index contributed by atoms with van der Waals surface area (Å²) in [5.41, 5.74) is 6.06. The summed E-state index contributed by atoms with van der Waals surface area (Å²) in [4.78, 5) is 0. The van der Waals surface area contributed by atoms with Crippen molar-refractivity contribution in [2.24, 2.45) is 5.92 Å². The average molecular weight is 188 g/mol. The summed E-state index contributed by atoms with van der Waals surface area (Å²) in [7, 11) is 0. The van der Waals surface area contributed by atoms with E-state index in [-0.39, 0.29) is 0 Å². The van der Waals surface area contributed by atoms with Crippen LogP contribution in [0.15, 0.2) is 12.1 Å². The molecule has 2 atom stereocenters. The van der Waals surface area contributed by atoms with Crippen LogP contribution < -0.4 is 0 Å². The first kappa shape index (κ1) is 9.76. The Morgan fingerprint density at radius 2 is 1.14 bits per heavy atom. The molecule has 0 heteroatoms. The summed E-state index contributed by atoms with van der Waals surface area (Å²) < 4.78 is 0. The summed E-state index contributed by atoms with van der Waals surface area (Å²) in [5.74, 6) is 2.27. The molecular formula is C14H20. The molecule has 14 heavy (non-hydrogen) atoms. The van der Waals surface area contributed by atoms with Crippen LogP contribution in [-0.2, 0) is 0 Å². The number of aryl methyl sites for hydroxylation is 2. The Balaban J connectivity index is 2.59.